The summed E-state index contributed by atoms with van der Waals surface area (Å²) in [6, 6.07) is 19.7. The lowest BCUT2D eigenvalue weighted by Gasteiger charge is -2.07. The molecule has 0 saturated carbocycles. The molecule has 0 aliphatic rings. The molecule has 0 amide bonds. The van der Waals surface area contributed by atoms with Gasteiger partial charge in [0.1, 0.15) is 5.76 Å². The van der Waals surface area contributed by atoms with Crippen LogP contribution in [-0.4, -0.2) is 5.97 Å². The molecule has 2 aromatic carbocycles. The molecule has 0 fully saturated rings. The molecule has 0 saturated heterocycles. The van der Waals surface area contributed by atoms with Crippen molar-refractivity contribution in [1.29, 1.82) is 0 Å². The molecule has 19 heavy (non-hydrogen) atoms. The first-order valence-corrected chi connectivity index (χ1v) is 6.23. The van der Waals surface area contributed by atoms with Gasteiger partial charge in [0.15, 0.2) is 0 Å². The molecule has 0 N–H and O–H groups in total. The van der Waals surface area contributed by atoms with E-state index < -0.39 is 0 Å². The van der Waals surface area contributed by atoms with Crippen LogP contribution >= 0.6 is 0 Å². The van der Waals surface area contributed by atoms with Gasteiger partial charge in [-0.1, -0.05) is 60.7 Å². The van der Waals surface area contributed by atoms with E-state index in [1.165, 1.54) is 12.5 Å². The topological polar surface area (TPSA) is 26.3 Å². The molecule has 2 aromatic rings. The summed E-state index contributed by atoms with van der Waals surface area (Å²) in [5.74, 6) is 0.306. The zero-order chi connectivity index (χ0) is 13.5. The summed E-state index contributed by atoms with van der Waals surface area (Å²) in [6.45, 7) is 1.42. The van der Waals surface area contributed by atoms with E-state index in [9.17, 15) is 4.79 Å². The number of carbonyl (C=O) groups is 1. The van der Waals surface area contributed by atoms with Gasteiger partial charge in [-0.2, -0.15) is 0 Å². The Labute approximate surface area is 113 Å². The number of carbonyl (C=O) groups excluding carboxylic acids is 1. The lowest BCUT2D eigenvalue weighted by Crippen LogP contribution is -1.99. The Morgan fingerprint density at radius 2 is 1.58 bits per heavy atom. The van der Waals surface area contributed by atoms with Gasteiger partial charge in [0.25, 0.3) is 0 Å². The van der Waals surface area contributed by atoms with Gasteiger partial charge in [-0.25, -0.2) is 0 Å². The second-order valence-corrected chi connectivity index (χ2v) is 4.22. The molecule has 0 aliphatic heterocycles. The first-order chi connectivity index (χ1) is 9.25. The van der Waals surface area contributed by atoms with Gasteiger partial charge in [-0.15, -0.1) is 0 Å². The fourth-order valence-corrected chi connectivity index (χ4v) is 1.80. The fourth-order valence-electron chi connectivity index (χ4n) is 1.80. The molecule has 2 heteroatoms. The van der Waals surface area contributed by atoms with E-state index in [4.69, 9.17) is 4.74 Å². The normalized spacial score (nSPS) is 11.1. The zero-order valence-electron chi connectivity index (χ0n) is 10.9. The third-order valence-corrected chi connectivity index (χ3v) is 2.68. The number of rotatable bonds is 4. The molecule has 0 heterocycles. The van der Waals surface area contributed by atoms with Crippen LogP contribution in [0.4, 0.5) is 0 Å². The molecule has 0 atom stereocenters. The van der Waals surface area contributed by atoms with Crippen LogP contribution in [-0.2, 0) is 16.0 Å². The minimum atomic E-state index is -0.303. The van der Waals surface area contributed by atoms with Crippen molar-refractivity contribution in [2.45, 2.75) is 13.3 Å². The highest BCUT2D eigenvalue weighted by Crippen LogP contribution is 2.17. The maximum atomic E-state index is 11.2. The Bertz CT molecular complexity index is 556. The minimum Gasteiger partial charge on any atom is -0.426 e. The molecular weight excluding hydrogens is 236 g/mol. The summed E-state index contributed by atoms with van der Waals surface area (Å²) in [7, 11) is 0. The van der Waals surface area contributed by atoms with Gasteiger partial charge in [-0.3, -0.25) is 4.79 Å². The maximum absolute atomic E-state index is 11.2. The summed E-state index contributed by atoms with van der Waals surface area (Å²) in [6.07, 6.45) is 2.67. The Morgan fingerprint density at radius 3 is 2.16 bits per heavy atom. The van der Waals surface area contributed by atoms with Gasteiger partial charge < -0.3 is 4.74 Å². The number of benzene rings is 2. The highest BCUT2D eigenvalue weighted by molar-refractivity contribution is 5.76. The Balaban J connectivity index is 2.20. The lowest BCUT2D eigenvalue weighted by atomic mass is 10.1. The van der Waals surface area contributed by atoms with Crippen LogP contribution in [0.25, 0.3) is 5.76 Å². The zero-order valence-corrected chi connectivity index (χ0v) is 10.9. The summed E-state index contributed by atoms with van der Waals surface area (Å²) in [5.41, 5.74) is 2.09. The van der Waals surface area contributed by atoms with Crippen molar-refractivity contribution >= 4 is 11.7 Å². The monoisotopic (exact) mass is 252 g/mol. The summed E-state index contributed by atoms with van der Waals surface area (Å²) in [4.78, 5) is 11.2. The van der Waals surface area contributed by atoms with E-state index in [1.807, 2.05) is 66.7 Å². The quantitative estimate of drug-likeness (QED) is 0.610. The van der Waals surface area contributed by atoms with Gasteiger partial charge in [-0.05, 0) is 18.1 Å². The van der Waals surface area contributed by atoms with Crippen LogP contribution in [0.1, 0.15) is 18.1 Å². The second kappa shape index (κ2) is 6.55. The number of allylic oxidation sites excluding steroid dienone is 1. The summed E-state index contributed by atoms with van der Waals surface area (Å²) >= 11 is 0. The van der Waals surface area contributed by atoms with Crippen molar-refractivity contribution in [1.82, 2.24) is 0 Å². The van der Waals surface area contributed by atoms with Crippen molar-refractivity contribution in [2.75, 3.05) is 0 Å². The number of esters is 1. The van der Waals surface area contributed by atoms with E-state index in [2.05, 4.69) is 0 Å². The SMILES string of the molecule is CC(=O)O/C(=C\Cc1ccccc1)c1ccccc1. The van der Waals surface area contributed by atoms with Gasteiger partial charge in [0.05, 0.1) is 0 Å². The average molecular weight is 252 g/mol. The standard InChI is InChI=1S/C17H16O2/c1-14(18)19-17(16-10-6-3-7-11-16)13-12-15-8-4-2-5-9-15/h2-11,13H,12H2,1H3/b17-13-. The molecule has 0 radical (unpaired) electrons. The van der Waals surface area contributed by atoms with E-state index in [0.29, 0.717) is 5.76 Å². The van der Waals surface area contributed by atoms with Gasteiger partial charge >= 0.3 is 5.97 Å². The summed E-state index contributed by atoms with van der Waals surface area (Å²) in [5, 5.41) is 0. The third-order valence-electron chi connectivity index (χ3n) is 2.68. The molecule has 0 aromatic heterocycles. The Kier molecular flexibility index (Phi) is 4.51. The molecule has 0 spiro atoms. The van der Waals surface area contributed by atoms with Crippen LogP contribution in [0.15, 0.2) is 66.7 Å². The first kappa shape index (κ1) is 13.1. The van der Waals surface area contributed by atoms with Crippen LogP contribution in [0.3, 0.4) is 0 Å². The van der Waals surface area contributed by atoms with Crippen molar-refractivity contribution < 1.29 is 9.53 Å². The molecule has 0 aliphatic carbocycles. The number of hydrogen-bond donors (Lipinski definition) is 0. The highest BCUT2D eigenvalue weighted by atomic mass is 16.5. The largest absolute Gasteiger partial charge is 0.426 e. The molecule has 0 unspecified atom stereocenters. The van der Waals surface area contributed by atoms with E-state index in [-0.39, 0.29) is 5.97 Å². The van der Waals surface area contributed by atoms with Crippen LogP contribution in [0.2, 0.25) is 0 Å². The molecule has 2 nitrogen and oxygen atoms in total. The first-order valence-electron chi connectivity index (χ1n) is 6.23. The van der Waals surface area contributed by atoms with E-state index >= 15 is 0 Å². The van der Waals surface area contributed by atoms with Crippen molar-refractivity contribution in [2.24, 2.45) is 0 Å². The second-order valence-electron chi connectivity index (χ2n) is 4.22. The van der Waals surface area contributed by atoms with Crippen molar-refractivity contribution in [3.8, 4) is 0 Å². The predicted octanol–water partition coefficient (Wildman–Crippen LogP) is 3.83. The maximum Gasteiger partial charge on any atom is 0.308 e. The van der Waals surface area contributed by atoms with Crippen molar-refractivity contribution in [3.05, 3.63) is 77.9 Å². The fraction of sp³-hybridized carbons (Fsp3) is 0.118. The Hall–Kier alpha value is -2.35. The lowest BCUT2D eigenvalue weighted by molar-refractivity contribution is -0.134. The Morgan fingerprint density at radius 1 is 1.00 bits per heavy atom. The summed E-state index contributed by atoms with van der Waals surface area (Å²) < 4.78 is 5.28. The molecule has 0 bridgehead atoms. The minimum absolute atomic E-state index is 0.303. The third kappa shape index (κ3) is 4.11. The smallest absolute Gasteiger partial charge is 0.308 e. The van der Waals surface area contributed by atoms with E-state index in [0.717, 1.165) is 12.0 Å². The average Bonchev–Trinajstić information content (AvgIpc) is 2.45. The van der Waals surface area contributed by atoms with Gasteiger partial charge in [0, 0.05) is 12.5 Å². The van der Waals surface area contributed by atoms with Crippen molar-refractivity contribution in [3.63, 3.8) is 0 Å². The number of hydrogen-bond acceptors (Lipinski definition) is 2. The number of ether oxygens (including phenoxy) is 1. The van der Waals surface area contributed by atoms with E-state index in [1.54, 1.807) is 0 Å². The van der Waals surface area contributed by atoms with Crippen LogP contribution < -0.4 is 0 Å². The molecular formula is C17H16O2. The van der Waals surface area contributed by atoms with Crippen LogP contribution in [0, 0.1) is 0 Å². The predicted molar refractivity (Wildman–Crippen MR) is 76.3 cm³/mol. The van der Waals surface area contributed by atoms with Crippen LogP contribution in [0.5, 0.6) is 0 Å². The molecule has 2 rings (SSSR count). The highest BCUT2D eigenvalue weighted by Gasteiger charge is 2.05. The molecule has 96 valence electrons. The van der Waals surface area contributed by atoms with Gasteiger partial charge in [0.2, 0.25) is 0 Å².